The van der Waals surface area contributed by atoms with Gasteiger partial charge >= 0.3 is 14.4 Å². The first-order chi connectivity index (χ1) is 15.0. The molecule has 7 nitrogen and oxygen atoms in total. The third-order valence-electron chi connectivity index (χ3n) is 5.00. The molecule has 0 aliphatic heterocycles. The van der Waals surface area contributed by atoms with Crippen molar-refractivity contribution in [3.05, 3.63) is 35.5 Å². The molecule has 0 saturated heterocycles. The number of nitrogens with one attached hydrogen (secondary N) is 1. The predicted molar refractivity (Wildman–Crippen MR) is 115 cm³/mol. The van der Waals surface area contributed by atoms with Crippen LogP contribution in [-0.2, 0) is 20.8 Å². The van der Waals surface area contributed by atoms with Gasteiger partial charge in [-0.2, -0.15) is 18.3 Å². The highest BCUT2D eigenvalue weighted by atomic mass is 31.1. The average Bonchev–Trinajstić information content (AvgIpc) is 3.22. The topological polar surface area (TPSA) is 110 Å². The van der Waals surface area contributed by atoms with Gasteiger partial charge < -0.3 is 10.5 Å². The van der Waals surface area contributed by atoms with Gasteiger partial charge in [-0.25, -0.2) is 0 Å². The van der Waals surface area contributed by atoms with Gasteiger partial charge in [0.2, 0.25) is 0 Å². The van der Waals surface area contributed by atoms with E-state index < -0.39 is 25.5 Å². The summed E-state index contributed by atoms with van der Waals surface area (Å²) >= 11 is 0. The van der Waals surface area contributed by atoms with Gasteiger partial charge in [-0.3, -0.25) is 5.10 Å². The van der Waals surface area contributed by atoms with Crippen LogP contribution in [0.4, 0.5) is 13.2 Å². The van der Waals surface area contributed by atoms with Crippen LogP contribution in [0.3, 0.4) is 0 Å². The molecule has 0 aliphatic carbocycles. The van der Waals surface area contributed by atoms with Crippen molar-refractivity contribution in [3.63, 3.8) is 0 Å². The fourth-order valence-corrected chi connectivity index (χ4v) is 3.51. The van der Waals surface area contributed by atoms with E-state index in [2.05, 4.69) is 21.6 Å². The number of rotatable bonds is 13. The Morgan fingerprint density at radius 3 is 2.50 bits per heavy atom. The normalized spacial score (nSPS) is 14.3. The predicted octanol–water partition coefficient (Wildman–Crippen LogP) is 5.68. The van der Waals surface area contributed by atoms with Gasteiger partial charge in [0, 0.05) is 10.1 Å². The molecule has 1 aromatic heterocycles. The molecule has 0 amide bonds. The molecule has 2 rings (SSSR count). The van der Waals surface area contributed by atoms with Gasteiger partial charge in [-0.15, -0.1) is 9.42 Å². The SMILES string of the molecule is CCCCCCCCOc1ccc(-c2cc([C@@](C)(N)CO[P+](=O)O)[nH]n2)cc1C(F)(F)F. The molecular formula is C21H30F3N3O4P+. The Kier molecular flexibility index (Phi) is 9.64. The van der Waals surface area contributed by atoms with E-state index in [0.717, 1.165) is 38.2 Å². The van der Waals surface area contributed by atoms with E-state index in [4.69, 9.17) is 15.4 Å². The van der Waals surface area contributed by atoms with E-state index in [0.29, 0.717) is 12.1 Å². The lowest BCUT2D eigenvalue weighted by Gasteiger charge is -2.18. The molecule has 178 valence electrons. The molecule has 11 heteroatoms. The lowest BCUT2D eigenvalue weighted by molar-refractivity contribution is -0.138. The van der Waals surface area contributed by atoms with Crippen molar-refractivity contribution < 1.29 is 31.9 Å². The third kappa shape index (κ3) is 7.85. The largest absolute Gasteiger partial charge is 0.694 e. The van der Waals surface area contributed by atoms with Crippen molar-refractivity contribution >= 4 is 8.25 Å². The van der Waals surface area contributed by atoms with E-state index in [1.54, 1.807) is 6.92 Å². The van der Waals surface area contributed by atoms with Crippen LogP contribution in [0.1, 0.15) is 63.6 Å². The van der Waals surface area contributed by atoms with Crippen molar-refractivity contribution in [2.24, 2.45) is 5.73 Å². The van der Waals surface area contributed by atoms with E-state index in [9.17, 15) is 17.7 Å². The highest BCUT2D eigenvalue weighted by Crippen LogP contribution is 2.39. The zero-order chi connectivity index (χ0) is 23.8. The minimum absolute atomic E-state index is 0.214. The molecule has 0 aliphatic rings. The number of hydrogen-bond acceptors (Lipinski definition) is 5. The number of benzene rings is 1. The number of aromatic amines is 1. The van der Waals surface area contributed by atoms with Gasteiger partial charge in [0.1, 0.15) is 12.4 Å². The van der Waals surface area contributed by atoms with Crippen LogP contribution in [0.2, 0.25) is 0 Å². The fourth-order valence-electron chi connectivity index (χ4n) is 3.13. The Hall–Kier alpha value is -2.00. The Balaban J connectivity index is 2.12. The second-order valence-electron chi connectivity index (χ2n) is 7.92. The summed E-state index contributed by atoms with van der Waals surface area (Å²) in [4.78, 5) is 8.79. The van der Waals surface area contributed by atoms with Gasteiger partial charge in [0.05, 0.1) is 29.1 Å². The highest BCUT2D eigenvalue weighted by Gasteiger charge is 2.35. The summed E-state index contributed by atoms with van der Waals surface area (Å²) in [6.45, 7) is 3.61. The third-order valence-corrected chi connectivity index (χ3v) is 5.35. The maximum atomic E-state index is 13.6. The number of alkyl halides is 3. The zero-order valence-electron chi connectivity index (χ0n) is 18.2. The summed E-state index contributed by atoms with van der Waals surface area (Å²) < 4.78 is 61.7. The summed E-state index contributed by atoms with van der Waals surface area (Å²) in [5.41, 5.74) is 4.84. The first kappa shape index (κ1) is 26.3. The smallest absolute Gasteiger partial charge is 0.493 e. The second kappa shape index (κ2) is 11.7. The molecule has 2 atom stereocenters. The van der Waals surface area contributed by atoms with Crippen LogP contribution in [0.15, 0.2) is 24.3 Å². The molecule has 0 fully saturated rings. The van der Waals surface area contributed by atoms with Crippen molar-refractivity contribution in [2.45, 2.75) is 64.1 Å². The van der Waals surface area contributed by atoms with Crippen LogP contribution in [0, 0.1) is 0 Å². The summed E-state index contributed by atoms with van der Waals surface area (Å²) in [6, 6.07) is 5.27. The first-order valence-corrected chi connectivity index (χ1v) is 11.7. The molecule has 1 unspecified atom stereocenters. The van der Waals surface area contributed by atoms with Crippen molar-refractivity contribution in [3.8, 4) is 17.0 Å². The first-order valence-electron chi connectivity index (χ1n) is 10.5. The molecule has 0 spiro atoms. The number of nitrogens with two attached hydrogens (primary N) is 1. The Morgan fingerprint density at radius 2 is 1.84 bits per heavy atom. The Morgan fingerprint density at radius 1 is 1.16 bits per heavy atom. The Labute approximate surface area is 186 Å². The molecule has 1 heterocycles. The summed E-state index contributed by atoms with van der Waals surface area (Å²) in [5, 5.41) is 6.70. The molecule has 4 N–H and O–H groups in total. The van der Waals surface area contributed by atoms with Crippen LogP contribution in [0.25, 0.3) is 11.3 Å². The van der Waals surface area contributed by atoms with Crippen LogP contribution < -0.4 is 10.5 Å². The van der Waals surface area contributed by atoms with Crippen LogP contribution in [-0.4, -0.2) is 28.3 Å². The standard InChI is InChI=1S/C21H29F3N3O4P/c1-3-4-5-6-7-8-11-30-18-10-9-15(12-16(18)21(22,23)24)17-13-19(27-26-17)20(2,25)14-31-32(28)29/h9-10,12-13H,3-8,11,14,25H2,1-2H3,(H-,26,27,28,29)/p+1/t20-/m0/s1. The number of H-pyrrole nitrogens is 1. The lowest BCUT2D eigenvalue weighted by atomic mass is 9.99. The van der Waals surface area contributed by atoms with Gasteiger partial charge in [-0.1, -0.05) is 39.0 Å². The number of aromatic nitrogens is 2. The molecular weight excluding hydrogens is 446 g/mol. The molecule has 0 radical (unpaired) electrons. The number of ether oxygens (including phenoxy) is 1. The number of hydrogen-bond donors (Lipinski definition) is 3. The molecule has 0 bridgehead atoms. The summed E-state index contributed by atoms with van der Waals surface area (Å²) in [7, 11) is -2.83. The molecule has 0 saturated carbocycles. The number of nitrogens with zero attached hydrogens (tertiary/aromatic N) is 1. The maximum Gasteiger partial charge on any atom is 0.694 e. The minimum atomic E-state index is -4.59. The van der Waals surface area contributed by atoms with Gasteiger partial charge in [0.15, 0.2) is 0 Å². The van der Waals surface area contributed by atoms with E-state index >= 15 is 0 Å². The lowest BCUT2D eigenvalue weighted by Crippen LogP contribution is -2.37. The monoisotopic (exact) mass is 476 g/mol. The van der Waals surface area contributed by atoms with Crippen molar-refractivity contribution in [1.29, 1.82) is 0 Å². The molecule has 2 aromatic rings. The number of unbranched alkanes of at least 4 members (excludes halogenated alkanes) is 5. The second-order valence-corrected chi connectivity index (χ2v) is 8.65. The molecule has 32 heavy (non-hydrogen) atoms. The quantitative estimate of drug-likeness (QED) is 0.254. The van der Waals surface area contributed by atoms with E-state index in [1.165, 1.54) is 18.2 Å². The van der Waals surface area contributed by atoms with Crippen molar-refractivity contribution in [1.82, 2.24) is 10.2 Å². The van der Waals surface area contributed by atoms with Gasteiger partial charge in [-0.05, 0) is 37.6 Å². The Bertz CT molecular complexity index is 887. The summed E-state index contributed by atoms with van der Waals surface area (Å²) in [5.74, 6) is -0.214. The highest BCUT2D eigenvalue weighted by molar-refractivity contribution is 7.32. The minimum Gasteiger partial charge on any atom is -0.493 e. The van der Waals surface area contributed by atoms with Crippen LogP contribution >= 0.6 is 8.25 Å². The van der Waals surface area contributed by atoms with Gasteiger partial charge in [0.25, 0.3) is 0 Å². The molecule has 1 aromatic carbocycles. The van der Waals surface area contributed by atoms with E-state index in [-0.39, 0.29) is 30.2 Å². The zero-order valence-corrected chi connectivity index (χ0v) is 19.1. The van der Waals surface area contributed by atoms with Crippen LogP contribution in [0.5, 0.6) is 5.75 Å². The van der Waals surface area contributed by atoms with Crippen molar-refractivity contribution in [2.75, 3.05) is 13.2 Å². The fraction of sp³-hybridized carbons (Fsp3) is 0.571. The number of halogens is 3. The maximum absolute atomic E-state index is 13.6. The average molecular weight is 476 g/mol. The van der Waals surface area contributed by atoms with E-state index in [1.807, 2.05) is 0 Å². The summed E-state index contributed by atoms with van der Waals surface area (Å²) in [6.07, 6.45) is 1.49.